The average molecular weight is 369 g/mol. The Bertz CT molecular complexity index is 755. The minimum Gasteiger partial charge on any atom is -0.204 e. The van der Waals surface area contributed by atoms with E-state index >= 15 is 0 Å². The normalized spacial score (nSPS) is 15.8. The Labute approximate surface area is 148 Å². The van der Waals surface area contributed by atoms with Gasteiger partial charge < -0.3 is 0 Å². The highest BCUT2D eigenvalue weighted by Crippen LogP contribution is 2.40. The first-order valence-corrected chi connectivity index (χ1v) is 8.97. The van der Waals surface area contributed by atoms with Crippen LogP contribution in [0.1, 0.15) is 25.7 Å². The molecule has 0 bridgehead atoms. The van der Waals surface area contributed by atoms with Gasteiger partial charge in [-0.15, -0.1) is 11.8 Å². The zero-order chi connectivity index (χ0) is 17.3. The molecule has 0 spiro atoms. The average Bonchev–Trinajstić information content (AvgIpc) is 2.56. The maximum Gasteiger partial charge on any atom is 0.194 e. The highest BCUT2D eigenvalue weighted by Gasteiger charge is 2.19. The van der Waals surface area contributed by atoms with Gasteiger partial charge in [-0.05, 0) is 61.1 Å². The number of rotatable bonds is 3. The predicted molar refractivity (Wildman–Crippen MR) is 94.0 cm³/mol. The molecule has 1 aliphatic carbocycles. The van der Waals surface area contributed by atoms with Crippen LogP contribution in [0.4, 0.5) is 13.2 Å². The molecule has 0 saturated heterocycles. The Morgan fingerprint density at radius 1 is 0.958 bits per heavy atom. The van der Waals surface area contributed by atoms with Crippen LogP contribution in [-0.2, 0) is 0 Å². The summed E-state index contributed by atoms with van der Waals surface area (Å²) >= 11 is 7.95. The summed E-state index contributed by atoms with van der Waals surface area (Å²) in [5.74, 6) is -3.84. The van der Waals surface area contributed by atoms with Gasteiger partial charge in [-0.3, -0.25) is 0 Å². The molecule has 1 fully saturated rings. The number of allylic oxidation sites excluding steroid dienone is 1. The summed E-state index contributed by atoms with van der Waals surface area (Å²) in [6.45, 7) is 4.01. The van der Waals surface area contributed by atoms with Crippen LogP contribution in [0.25, 0.3) is 11.1 Å². The van der Waals surface area contributed by atoms with E-state index in [-0.39, 0.29) is 0 Å². The molecule has 2 aromatic rings. The second-order valence-electron chi connectivity index (χ2n) is 5.97. The molecule has 0 amide bonds. The highest BCUT2D eigenvalue weighted by molar-refractivity contribution is 8.00. The molecule has 0 unspecified atom stereocenters. The lowest BCUT2D eigenvalue weighted by Crippen LogP contribution is -2.09. The van der Waals surface area contributed by atoms with Gasteiger partial charge in [0, 0.05) is 10.1 Å². The lowest BCUT2D eigenvalue weighted by Gasteiger charge is -2.23. The Kier molecular flexibility index (Phi) is 5.26. The van der Waals surface area contributed by atoms with E-state index in [2.05, 4.69) is 6.58 Å². The largest absolute Gasteiger partial charge is 0.204 e. The van der Waals surface area contributed by atoms with Crippen molar-refractivity contribution in [1.29, 1.82) is 0 Å². The molecule has 0 aromatic heterocycles. The van der Waals surface area contributed by atoms with Crippen LogP contribution in [-0.4, -0.2) is 5.25 Å². The highest BCUT2D eigenvalue weighted by atomic mass is 35.5. The molecule has 0 radical (unpaired) electrons. The molecular weight excluding hydrogens is 353 g/mol. The van der Waals surface area contributed by atoms with Crippen molar-refractivity contribution in [1.82, 2.24) is 0 Å². The number of thioether (sulfide) groups is 1. The van der Waals surface area contributed by atoms with E-state index in [1.54, 1.807) is 23.9 Å². The first-order valence-electron chi connectivity index (χ1n) is 7.72. The molecule has 2 aromatic carbocycles. The standard InChI is InChI=1S/C19H16ClF3S/c1-11-2-5-14(6-3-11)24-18-10-12(4-7-15(18)20)13-8-16(21)19(23)17(22)9-13/h4,7-10,14H,1-3,5-6H2. The van der Waals surface area contributed by atoms with Crippen LogP contribution < -0.4 is 0 Å². The molecule has 1 saturated carbocycles. The minimum atomic E-state index is -1.45. The molecule has 5 heteroatoms. The van der Waals surface area contributed by atoms with Crippen molar-refractivity contribution in [2.75, 3.05) is 0 Å². The first kappa shape index (κ1) is 17.4. The SMILES string of the molecule is C=C1CCC(Sc2cc(-c3cc(F)c(F)c(F)c3)ccc2Cl)CC1. The maximum atomic E-state index is 13.5. The fourth-order valence-corrected chi connectivity index (χ4v) is 4.25. The molecule has 1 aliphatic rings. The summed E-state index contributed by atoms with van der Waals surface area (Å²) in [5, 5.41) is 1.06. The maximum absolute atomic E-state index is 13.5. The summed E-state index contributed by atoms with van der Waals surface area (Å²) in [6, 6.07) is 7.20. The van der Waals surface area contributed by atoms with E-state index in [0.717, 1.165) is 42.7 Å². The number of halogens is 4. The second-order valence-corrected chi connectivity index (χ2v) is 7.72. The van der Waals surface area contributed by atoms with Gasteiger partial charge in [-0.25, -0.2) is 13.2 Å². The fourth-order valence-electron chi connectivity index (χ4n) is 2.79. The molecule has 0 heterocycles. The van der Waals surface area contributed by atoms with E-state index in [1.807, 2.05) is 6.07 Å². The van der Waals surface area contributed by atoms with Crippen LogP contribution in [0.15, 0.2) is 47.4 Å². The molecule has 126 valence electrons. The Balaban J connectivity index is 1.87. The molecule has 0 atom stereocenters. The van der Waals surface area contributed by atoms with Crippen molar-refractivity contribution in [3.8, 4) is 11.1 Å². The van der Waals surface area contributed by atoms with Gasteiger partial charge in [-0.2, -0.15) is 0 Å². The molecule has 3 rings (SSSR count). The Morgan fingerprint density at radius 2 is 1.58 bits per heavy atom. The smallest absolute Gasteiger partial charge is 0.194 e. The number of benzene rings is 2. The topological polar surface area (TPSA) is 0 Å². The summed E-state index contributed by atoms with van der Waals surface area (Å²) < 4.78 is 40.0. The second kappa shape index (κ2) is 7.24. The van der Waals surface area contributed by atoms with Gasteiger partial charge in [0.1, 0.15) is 0 Å². The third-order valence-electron chi connectivity index (χ3n) is 4.18. The summed E-state index contributed by atoms with van der Waals surface area (Å²) in [5.41, 5.74) is 2.19. The molecular formula is C19H16ClF3S. The van der Waals surface area contributed by atoms with Gasteiger partial charge in [-0.1, -0.05) is 29.8 Å². The summed E-state index contributed by atoms with van der Waals surface area (Å²) in [6.07, 6.45) is 4.13. The Hall–Kier alpha value is -1.39. The Morgan fingerprint density at radius 3 is 2.21 bits per heavy atom. The van der Waals surface area contributed by atoms with Crippen LogP contribution in [0.2, 0.25) is 5.02 Å². The van der Waals surface area contributed by atoms with Gasteiger partial charge in [0.25, 0.3) is 0 Å². The minimum absolute atomic E-state index is 0.293. The molecule has 0 nitrogen and oxygen atoms in total. The number of hydrogen-bond acceptors (Lipinski definition) is 1. The van der Waals surface area contributed by atoms with E-state index in [9.17, 15) is 13.2 Å². The van der Waals surface area contributed by atoms with Crippen molar-refractivity contribution in [3.05, 3.63) is 65.0 Å². The van der Waals surface area contributed by atoms with Crippen LogP contribution >= 0.6 is 23.4 Å². The molecule has 0 N–H and O–H groups in total. The zero-order valence-corrected chi connectivity index (χ0v) is 14.5. The van der Waals surface area contributed by atoms with Gasteiger partial charge in [0.15, 0.2) is 17.5 Å². The van der Waals surface area contributed by atoms with E-state index < -0.39 is 17.5 Å². The van der Waals surface area contributed by atoms with Gasteiger partial charge >= 0.3 is 0 Å². The summed E-state index contributed by atoms with van der Waals surface area (Å²) in [4.78, 5) is 0.872. The van der Waals surface area contributed by atoms with Crippen molar-refractivity contribution in [2.45, 2.75) is 35.8 Å². The quantitative estimate of drug-likeness (QED) is 0.414. The van der Waals surface area contributed by atoms with Crippen molar-refractivity contribution < 1.29 is 13.2 Å². The predicted octanol–water partition coefficient (Wildman–Crippen LogP) is 7.02. The van der Waals surface area contributed by atoms with E-state index in [4.69, 9.17) is 11.6 Å². The summed E-state index contributed by atoms with van der Waals surface area (Å²) in [7, 11) is 0. The lowest BCUT2D eigenvalue weighted by molar-refractivity contribution is 0.447. The molecule has 0 aliphatic heterocycles. The first-order chi connectivity index (χ1) is 11.4. The van der Waals surface area contributed by atoms with Gasteiger partial charge in [0.2, 0.25) is 0 Å². The zero-order valence-electron chi connectivity index (χ0n) is 12.9. The molecule has 24 heavy (non-hydrogen) atoms. The van der Waals surface area contributed by atoms with Crippen molar-refractivity contribution >= 4 is 23.4 Å². The monoisotopic (exact) mass is 368 g/mol. The van der Waals surface area contributed by atoms with E-state index in [1.165, 1.54) is 5.57 Å². The fraction of sp³-hybridized carbons (Fsp3) is 0.263. The third kappa shape index (κ3) is 3.81. The van der Waals surface area contributed by atoms with Gasteiger partial charge in [0.05, 0.1) is 5.02 Å². The number of hydrogen-bond donors (Lipinski definition) is 0. The van der Waals surface area contributed by atoms with Crippen LogP contribution in [0.5, 0.6) is 0 Å². The van der Waals surface area contributed by atoms with Crippen LogP contribution in [0, 0.1) is 17.5 Å². The van der Waals surface area contributed by atoms with Crippen LogP contribution in [0.3, 0.4) is 0 Å². The van der Waals surface area contributed by atoms with E-state index in [0.29, 0.717) is 21.4 Å². The third-order valence-corrected chi connectivity index (χ3v) is 6.02. The lowest BCUT2D eigenvalue weighted by atomic mass is 9.96. The van der Waals surface area contributed by atoms with Crippen molar-refractivity contribution in [3.63, 3.8) is 0 Å². The van der Waals surface area contributed by atoms with Crippen molar-refractivity contribution in [2.24, 2.45) is 0 Å².